The van der Waals surface area contributed by atoms with Gasteiger partial charge in [0.15, 0.2) is 16.6 Å². The summed E-state index contributed by atoms with van der Waals surface area (Å²) in [6.45, 7) is 6.01. The minimum absolute atomic E-state index is 0.159. The third kappa shape index (κ3) is 3.90. The summed E-state index contributed by atoms with van der Waals surface area (Å²) in [6.07, 6.45) is -0.159. The standard InChI is InChI=1S/C19H19Cl2N5S2/c1-3-26(4-2)17(24-18-22-15-11(20)7-5-9-13(15)27-18)25-19-23-16-12(21)8-6-10-14(16)28-19/h5-10,17H,3-4H2,1-2H3,(H,22,24)(H,23,25). The zero-order valence-corrected chi connectivity index (χ0v) is 18.5. The third-order valence-corrected chi connectivity index (χ3v) is 6.95. The average Bonchev–Trinajstić information content (AvgIpc) is 3.28. The number of halogens is 2. The average molecular weight is 452 g/mol. The summed E-state index contributed by atoms with van der Waals surface area (Å²) in [5.74, 6) is 0. The Kier molecular flexibility index (Phi) is 5.89. The number of hydrogen-bond acceptors (Lipinski definition) is 7. The number of benzene rings is 2. The third-order valence-electron chi connectivity index (χ3n) is 4.44. The van der Waals surface area contributed by atoms with Crippen LogP contribution in [0.3, 0.4) is 0 Å². The van der Waals surface area contributed by atoms with Crippen LogP contribution < -0.4 is 10.6 Å². The van der Waals surface area contributed by atoms with Crippen molar-refractivity contribution >= 4 is 76.6 Å². The maximum Gasteiger partial charge on any atom is 0.186 e. The number of nitrogens with zero attached hydrogens (tertiary/aromatic N) is 3. The predicted molar refractivity (Wildman–Crippen MR) is 123 cm³/mol. The van der Waals surface area contributed by atoms with Gasteiger partial charge in [0.25, 0.3) is 0 Å². The molecule has 5 nitrogen and oxygen atoms in total. The highest BCUT2D eigenvalue weighted by atomic mass is 35.5. The number of rotatable bonds is 7. The molecule has 0 radical (unpaired) electrons. The van der Waals surface area contributed by atoms with Gasteiger partial charge in [-0.05, 0) is 37.4 Å². The van der Waals surface area contributed by atoms with Crippen LogP contribution in [-0.4, -0.2) is 34.2 Å². The lowest BCUT2D eigenvalue weighted by atomic mass is 10.3. The van der Waals surface area contributed by atoms with Gasteiger partial charge in [0.2, 0.25) is 0 Å². The van der Waals surface area contributed by atoms with Crippen LogP contribution in [0.15, 0.2) is 36.4 Å². The second-order valence-corrected chi connectivity index (χ2v) is 9.00. The van der Waals surface area contributed by atoms with Gasteiger partial charge >= 0.3 is 0 Å². The first kappa shape index (κ1) is 19.7. The first-order valence-electron chi connectivity index (χ1n) is 8.96. The Bertz CT molecular complexity index is 1020. The summed E-state index contributed by atoms with van der Waals surface area (Å²) in [5, 5.41) is 9.95. The molecule has 0 aliphatic heterocycles. The van der Waals surface area contributed by atoms with E-state index in [1.54, 1.807) is 22.7 Å². The van der Waals surface area contributed by atoms with E-state index in [4.69, 9.17) is 23.2 Å². The molecule has 0 aliphatic rings. The van der Waals surface area contributed by atoms with Gasteiger partial charge in [-0.3, -0.25) is 4.90 Å². The fraction of sp³-hybridized carbons (Fsp3) is 0.263. The number of nitrogens with one attached hydrogen (secondary N) is 2. The quantitative estimate of drug-likeness (QED) is 0.320. The van der Waals surface area contributed by atoms with Gasteiger partial charge in [0.05, 0.1) is 19.4 Å². The van der Waals surface area contributed by atoms with E-state index in [0.717, 1.165) is 43.8 Å². The second kappa shape index (κ2) is 8.39. The molecule has 4 aromatic rings. The van der Waals surface area contributed by atoms with Gasteiger partial charge in [-0.25, -0.2) is 9.97 Å². The lowest BCUT2D eigenvalue weighted by molar-refractivity contribution is 0.259. The Morgan fingerprint density at radius 2 is 1.32 bits per heavy atom. The van der Waals surface area contributed by atoms with Crippen molar-refractivity contribution in [2.24, 2.45) is 0 Å². The van der Waals surface area contributed by atoms with Crippen LogP contribution in [0.2, 0.25) is 10.0 Å². The lowest BCUT2D eigenvalue weighted by Gasteiger charge is -2.30. The van der Waals surface area contributed by atoms with Crippen molar-refractivity contribution in [1.82, 2.24) is 14.9 Å². The number of hydrogen-bond donors (Lipinski definition) is 2. The molecular weight excluding hydrogens is 433 g/mol. The minimum atomic E-state index is -0.159. The van der Waals surface area contributed by atoms with Crippen LogP contribution >= 0.6 is 45.9 Å². The summed E-state index contributed by atoms with van der Waals surface area (Å²) < 4.78 is 2.11. The highest BCUT2D eigenvalue weighted by Gasteiger charge is 2.19. The molecule has 2 N–H and O–H groups in total. The van der Waals surface area contributed by atoms with Crippen molar-refractivity contribution in [1.29, 1.82) is 0 Å². The maximum atomic E-state index is 6.28. The molecule has 0 atom stereocenters. The van der Waals surface area contributed by atoms with E-state index in [0.29, 0.717) is 10.0 Å². The van der Waals surface area contributed by atoms with E-state index in [1.165, 1.54) is 0 Å². The molecule has 28 heavy (non-hydrogen) atoms. The van der Waals surface area contributed by atoms with Gasteiger partial charge in [-0.15, -0.1) is 0 Å². The van der Waals surface area contributed by atoms with Crippen LogP contribution in [0.1, 0.15) is 13.8 Å². The molecule has 0 unspecified atom stereocenters. The zero-order valence-electron chi connectivity index (χ0n) is 15.4. The first-order valence-corrected chi connectivity index (χ1v) is 11.3. The second-order valence-electron chi connectivity index (χ2n) is 6.12. The smallest absolute Gasteiger partial charge is 0.186 e. The van der Waals surface area contributed by atoms with Crippen LogP contribution in [0.25, 0.3) is 20.4 Å². The number of para-hydroxylation sites is 2. The largest absolute Gasteiger partial charge is 0.329 e. The van der Waals surface area contributed by atoms with E-state index in [1.807, 2.05) is 36.4 Å². The van der Waals surface area contributed by atoms with Gasteiger partial charge in [0, 0.05) is 0 Å². The first-order chi connectivity index (χ1) is 13.6. The topological polar surface area (TPSA) is 53.1 Å². The molecule has 2 heterocycles. The molecule has 0 spiro atoms. The van der Waals surface area contributed by atoms with Crippen molar-refractivity contribution in [3.8, 4) is 0 Å². The fourth-order valence-corrected chi connectivity index (χ4v) is 5.37. The van der Waals surface area contributed by atoms with Gasteiger partial charge in [-0.1, -0.05) is 71.9 Å². The molecule has 2 aromatic heterocycles. The van der Waals surface area contributed by atoms with Crippen molar-refractivity contribution in [2.45, 2.75) is 20.1 Å². The van der Waals surface area contributed by atoms with Gasteiger partial charge in [0.1, 0.15) is 11.0 Å². The zero-order chi connectivity index (χ0) is 19.7. The van der Waals surface area contributed by atoms with Gasteiger partial charge in [-0.2, -0.15) is 0 Å². The Labute approximate surface area is 181 Å². The minimum Gasteiger partial charge on any atom is -0.329 e. The van der Waals surface area contributed by atoms with Crippen molar-refractivity contribution in [2.75, 3.05) is 23.7 Å². The summed E-state index contributed by atoms with van der Waals surface area (Å²) in [4.78, 5) is 11.6. The van der Waals surface area contributed by atoms with E-state index in [9.17, 15) is 0 Å². The van der Waals surface area contributed by atoms with Crippen LogP contribution in [0, 0.1) is 0 Å². The lowest BCUT2D eigenvalue weighted by Crippen LogP contribution is -2.46. The van der Waals surface area contributed by atoms with Crippen LogP contribution in [0.5, 0.6) is 0 Å². The Morgan fingerprint density at radius 3 is 1.71 bits per heavy atom. The monoisotopic (exact) mass is 451 g/mol. The van der Waals surface area contributed by atoms with E-state index < -0.39 is 0 Å². The number of aromatic nitrogens is 2. The summed E-state index contributed by atoms with van der Waals surface area (Å²) in [7, 11) is 0. The molecule has 4 rings (SSSR count). The molecule has 0 saturated carbocycles. The highest BCUT2D eigenvalue weighted by Crippen LogP contribution is 2.33. The van der Waals surface area contributed by atoms with Crippen LogP contribution in [0.4, 0.5) is 10.3 Å². The van der Waals surface area contributed by atoms with Crippen molar-refractivity contribution in [3.63, 3.8) is 0 Å². The van der Waals surface area contributed by atoms with E-state index in [2.05, 4.69) is 39.3 Å². The summed E-state index contributed by atoms with van der Waals surface area (Å²) >= 11 is 15.7. The number of thiazole rings is 2. The van der Waals surface area contributed by atoms with Crippen molar-refractivity contribution < 1.29 is 0 Å². The Balaban J connectivity index is 1.64. The number of fused-ring (bicyclic) bond motifs is 2. The Hall–Kier alpha value is -1.64. The molecule has 0 bridgehead atoms. The normalized spacial score (nSPS) is 11.8. The molecule has 2 aromatic carbocycles. The van der Waals surface area contributed by atoms with E-state index >= 15 is 0 Å². The molecule has 0 fully saturated rings. The van der Waals surface area contributed by atoms with Crippen LogP contribution in [-0.2, 0) is 0 Å². The fourth-order valence-electron chi connectivity index (χ4n) is 2.99. The molecule has 0 saturated heterocycles. The molecular formula is C19H19Cl2N5S2. The highest BCUT2D eigenvalue weighted by molar-refractivity contribution is 7.22. The molecule has 0 aliphatic carbocycles. The summed E-state index contributed by atoms with van der Waals surface area (Å²) in [5.41, 5.74) is 1.64. The molecule has 9 heteroatoms. The van der Waals surface area contributed by atoms with E-state index in [-0.39, 0.29) is 6.29 Å². The predicted octanol–water partition coefficient (Wildman–Crippen LogP) is 6.36. The summed E-state index contributed by atoms with van der Waals surface area (Å²) in [6, 6.07) is 11.7. The maximum absolute atomic E-state index is 6.28. The SMILES string of the molecule is CCN(CC)C(Nc1nc2c(Cl)cccc2s1)Nc1nc2c(Cl)cccc2s1. The van der Waals surface area contributed by atoms with Gasteiger partial charge < -0.3 is 10.6 Å². The molecule has 0 amide bonds. The van der Waals surface area contributed by atoms with Crippen molar-refractivity contribution in [3.05, 3.63) is 46.4 Å². The molecule has 146 valence electrons. The Morgan fingerprint density at radius 1 is 0.857 bits per heavy atom. The number of anilines is 2.